The van der Waals surface area contributed by atoms with Gasteiger partial charge < -0.3 is 10.2 Å². The van der Waals surface area contributed by atoms with E-state index < -0.39 is 0 Å². The molecule has 6 heteroatoms. The minimum absolute atomic E-state index is 0.00618. The molecular formula is C23H32N4O2. The molecule has 2 amide bonds. The third-order valence-corrected chi connectivity index (χ3v) is 8.19. The highest BCUT2D eigenvalue weighted by Crippen LogP contribution is 2.60. The topological polar surface area (TPSA) is 74.1 Å². The van der Waals surface area contributed by atoms with E-state index in [9.17, 15) is 9.59 Å². The largest absolute Gasteiger partial charge is 0.354 e. The lowest BCUT2D eigenvalue weighted by Gasteiger charge is -2.56. The molecule has 0 aromatic rings. The Balaban J connectivity index is 1.19. The number of likely N-dealkylation sites (tertiary alicyclic amines) is 1. The summed E-state index contributed by atoms with van der Waals surface area (Å²) in [5, 5.41) is 11.3. The Bertz CT molecular complexity index is 726. The molecule has 2 aliphatic heterocycles. The van der Waals surface area contributed by atoms with Crippen LogP contribution in [0.4, 0.5) is 0 Å². The van der Waals surface area contributed by atoms with E-state index in [1.54, 1.807) is 0 Å². The summed E-state index contributed by atoms with van der Waals surface area (Å²) in [6.45, 7) is 1.27. The van der Waals surface area contributed by atoms with Crippen LogP contribution in [0, 0.1) is 35.5 Å². The van der Waals surface area contributed by atoms with Crippen molar-refractivity contribution in [2.24, 2.45) is 33.4 Å². The third kappa shape index (κ3) is 3.47. The van der Waals surface area contributed by atoms with Gasteiger partial charge in [0.15, 0.2) is 5.66 Å². The lowest BCUT2D eigenvalue weighted by atomic mass is 9.49. The van der Waals surface area contributed by atoms with E-state index in [0.29, 0.717) is 19.4 Å². The highest BCUT2D eigenvalue weighted by molar-refractivity contribution is 5.91. The molecule has 6 rings (SSSR count). The van der Waals surface area contributed by atoms with Gasteiger partial charge in [0.1, 0.15) is 6.04 Å². The summed E-state index contributed by atoms with van der Waals surface area (Å²) in [4.78, 5) is 28.5. The molecule has 0 aromatic carbocycles. The molecule has 0 spiro atoms. The Morgan fingerprint density at radius 1 is 1.07 bits per heavy atom. The Hall–Kier alpha value is -1.90. The zero-order chi connectivity index (χ0) is 20.1. The van der Waals surface area contributed by atoms with Crippen molar-refractivity contribution in [1.82, 2.24) is 10.2 Å². The Morgan fingerprint density at radius 2 is 1.72 bits per heavy atom. The molecule has 0 aromatic heterocycles. The maximum absolute atomic E-state index is 13.7. The van der Waals surface area contributed by atoms with Crippen LogP contribution in [-0.2, 0) is 9.59 Å². The van der Waals surface area contributed by atoms with Crippen LogP contribution < -0.4 is 5.32 Å². The minimum atomic E-state index is -0.371. The normalized spacial score (nSPS) is 38.1. The van der Waals surface area contributed by atoms with Crippen molar-refractivity contribution in [3.8, 4) is 12.3 Å². The lowest BCUT2D eigenvalue weighted by molar-refractivity contribution is -0.160. The van der Waals surface area contributed by atoms with Gasteiger partial charge in [0.2, 0.25) is 11.8 Å². The summed E-state index contributed by atoms with van der Waals surface area (Å²) in [7, 11) is 0. The number of nitrogens with zero attached hydrogens (tertiary/aromatic N) is 3. The fourth-order valence-corrected chi connectivity index (χ4v) is 7.13. The van der Waals surface area contributed by atoms with Gasteiger partial charge in [0.05, 0.1) is 5.41 Å². The molecule has 1 saturated heterocycles. The maximum Gasteiger partial charge on any atom is 0.242 e. The van der Waals surface area contributed by atoms with E-state index in [1.807, 2.05) is 4.90 Å². The molecule has 5 fully saturated rings. The predicted octanol–water partition coefficient (Wildman–Crippen LogP) is 3.28. The summed E-state index contributed by atoms with van der Waals surface area (Å²) in [5.41, 5.74) is -0.535. The molecule has 1 unspecified atom stereocenters. The second kappa shape index (κ2) is 7.11. The number of rotatable bonds is 7. The highest BCUT2D eigenvalue weighted by atomic mass is 16.2. The van der Waals surface area contributed by atoms with E-state index in [0.717, 1.165) is 62.8 Å². The number of amides is 2. The molecule has 2 heterocycles. The summed E-state index contributed by atoms with van der Waals surface area (Å²) in [6, 6.07) is -0.301. The monoisotopic (exact) mass is 396 g/mol. The molecule has 29 heavy (non-hydrogen) atoms. The van der Waals surface area contributed by atoms with E-state index in [-0.39, 0.29) is 28.9 Å². The maximum atomic E-state index is 13.7. The number of carbonyl (C=O) groups is 2. The molecule has 1 N–H and O–H groups in total. The number of hydrogen-bond acceptors (Lipinski definition) is 4. The minimum Gasteiger partial charge on any atom is -0.354 e. The van der Waals surface area contributed by atoms with E-state index in [4.69, 9.17) is 6.42 Å². The highest BCUT2D eigenvalue weighted by Gasteiger charge is 2.56. The van der Waals surface area contributed by atoms with Crippen LogP contribution in [0.5, 0.6) is 0 Å². The number of hydrogen-bond donors (Lipinski definition) is 1. The van der Waals surface area contributed by atoms with Crippen molar-refractivity contribution in [1.29, 1.82) is 0 Å². The van der Waals surface area contributed by atoms with Crippen LogP contribution in [0.2, 0.25) is 0 Å². The Labute approximate surface area is 173 Å². The van der Waals surface area contributed by atoms with Gasteiger partial charge in [-0.05, 0) is 69.1 Å². The molecule has 4 bridgehead atoms. The van der Waals surface area contributed by atoms with Gasteiger partial charge in [0.25, 0.3) is 0 Å². The predicted molar refractivity (Wildman–Crippen MR) is 109 cm³/mol. The number of carbonyl (C=O) groups excluding carboxylic acids is 2. The molecule has 156 valence electrons. The van der Waals surface area contributed by atoms with Crippen LogP contribution in [-0.4, -0.2) is 41.5 Å². The first kappa shape index (κ1) is 19.1. The molecule has 6 nitrogen and oxygen atoms in total. The molecule has 1 atom stereocenters. The van der Waals surface area contributed by atoms with Crippen molar-refractivity contribution in [3.05, 3.63) is 0 Å². The average Bonchev–Trinajstić information content (AvgIpc) is 3.28. The zero-order valence-electron chi connectivity index (χ0n) is 17.2. The van der Waals surface area contributed by atoms with Gasteiger partial charge in [0, 0.05) is 32.4 Å². The first-order valence-corrected chi connectivity index (χ1v) is 11.5. The van der Waals surface area contributed by atoms with E-state index in [1.165, 1.54) is 19.3 Å². The van der Waals surface area contributed by atoms with Crippen LogP contribution >= 0.6 is 0 Å². The Kier molecular flexibility index (Phi) is 4.68. The van der Waals surface area contributed by atoms with Crippen molar-refractivity contribution < 1.29 is 9.59 Å². The van der Waals surface area contributed by atoms with Crippen LogP contribution in [0.3, 0.4) is 0 Å². The van der Waals surface area contributed by atoms with Crippen molar-refractivity contribution in [2.45, 2.75) is 82.3 Å². The van der Waals surface area contributed by atoms with E-state index >= 15 is 0 Å². The van der Waals surface area contributed by atoms with Crippen molar-refractivity contribution in [3.63, 3.8) is 0 Å². The fourth-order valence-electron chi connectivity index (χ4n) is 7.13. The van der Waals surface area contributed by atoms with Gasteiger partial charge in [-0.2, -0.15) is 10.2 Å². The van der Waals surface area contributed by atoms with Crippen LogP contribution in [0.25, 0.3) is 0 Å². The van der Waals surface area contributed by atoms with Crippen LogP contribution in [0.1, 0.15) is 70.6 Å². The molecule has 4 aliphatic carbocycles. The second-order valence-corrected chi connectivity index (χ2v) is 10.3. The second-order valence-electron chi connectivity index (χ2n) is 10.3. The van der Waals surface area contributed by atoms with Crippen molar-refractivity contribution in [2.75, 3.05) is 13.1 Å². The Morgan fingerprint density at radius 3 is 2.31 bits per heavy atom. The van der Waals surface area contributed by atoms with Crippen molar-refractivity contribution >= 4 is 11.8 Å². The summed E-state index contributed by atoms with van der Waals surface area (Å²) in [5.74, 6) is 5.13. The summed E-state index contributed by atoms with van der Waals surface area (Å²) < 4.78 is 0. The SMILES string of the molecule is C#CCCC1(CCNC(=O)C2CCCN2C(=O)C23CC4CC(CC(C4)C2)C3)N=N1. The van der Waals surface area contributed by atoms with E-state index in [2.05, 4.69) is 21.5 Å². The van der Waals surface area contributed by atoms with Gasteiger partial charge in [-0.1, -0.05) is 0 Å². The summed E-state index contributed by atoms with van der Waals surface area (Å²) in [6.07, 6.45) is 16.3. The number of nitrogens with one attached hydrogen (secondary N) is 1. The third-order valence-electron chi connectivity index (χ3n) is 8.19. The fraction of sp³-hybridized carbons (Fsp3) is 0.826. The lowest BCUT2D eigenvalue weighted by Crippen LogP contribution is -2.57. The van der Waals surface area contributed by atoms with Gasteiger partial charge in [-0.3, -0.25) is 9.59 Å². The molecular weight excluding hydrogens is 364 g/mol. The quantitative estimate of drug-likeness (QED) is 0.671. The average molecular weight is 397 g/mol. The summed E-state index contributed by atoms with van der Waals surface area (Å²) >= 11 is 0. The zero-order valence-corrected chi connectivity index (χ0v) is 17.2. The van der Waals surface area contributed by atoms with Crippen LogP contribution in [0.15, 0.2) is 10.2 Å². The smallest absolute Gasteiger partial charge is 0.242 e. The number of terminal acetylenes is 1. The molecule has 0 radical (unpaired) electrons. The first-order valence-electron chi connectivity index (χ1n) is 11.5. The standard InChI is InChI=1S/C23H32N4O2/c1-2-3-6-23(25-26-23)7-8-24-20(28)19-5-4-9-27(19)21(29)22-13-16-10-17(14-22)12-18(11-16)15-22/h1,16-19H,3-15H2,(H,24,28). The molecule has 6 aliphatic rings. The van der Waals surface area contributed by atoms with Gasteiger partial charge >= 0.3 is 0 Å². The molecule has 4 saturated carbocycles. The first-order chi connectivity index (χ1) is 14.0. The van der Waals surface area contributed by atoms with Gasteiger partial charge in [-0.25, -0.2) is 0 Å². The van der Waals surface area contributed by atoms with Gasteiger partial charge in [-0.15, -0.1) is 12.3 Å².